The van der Waals surface area contributed by atoms with Crippen LogP contribution in [0.5, 0.6) is 5.88 Å². The molecule has 8 nitrogen and oxygen atoms in total. The van der Waals surface area contributed by atoms with Crippen molar-refractivity contribution >= 4 is 11.8 Å². The van der Waals surface area contributed by atoms with Crippen LogP contribution in [0.25, 0.3) is 11.1 Å². The normalized spacial score (nSPS) is 19.2. The number of aromatic nitrogens is 1. The summed E-state index contributed by atoms with van der Waals surface area (Å²) < 4.78 is 25.4. The van der Waals surface area contributed by atoms with Gasteiger partial charge in [0.2, 0.25) is 11.8 Å². The van der Waals surface area contributed by atoms with E-state index in [0.717, 1.165) is 0 Å². The maximum atomic E-state index is 14.4. The zero-order valence-electron chi connectivity index (χ0n) is 19.3. The van der Waals surface area contributed by atoms with Gasteiger partial charge in [-0.2, -0.15) is 0 Å². The Morgan fingerprint density at radius 2 is 2.12 bits per heavy atom. The highest BCUT2D eigenvalue weighted by atomic mass is 19.1. The van der Waals surface area contributed by atoms with Gasteiger partial charge in [0.1, 0.15) is 24.1 Å². The Morgan fingerprint density at radius 3 is 2.79 bits per heavy atom. The van der Waals surface area contributed by atoms with Crippen LogP contribution in [0.2, 0.25) is 0 Å². The van der Waals surface area contributed by atoms with Crippen molar-refractivity contribution < 1.29 is 28.6 Å². The van der Waals surface area contributed by atoms with Gasteiger partial charge in [-0.1, -0.05) is 25.1 Å². The summed E-state index contributed by atoms with van der Waals surface area (Å²) in [5.41, 5.74) is 0.941. The lowest BCUT2D eigenvalue weighted by molar-refractivity contribution is -0.135. The van der Waals surface area contributed by atoms with Crippen LogP contribution in [-0.2, 0) is 9.53 Å². The first-order chi connectivity index (χ1) is 15.8. The molecule has 0 spiro atoms. The summed E-state index contributed by atoms with van der Waals surface area (Å²) in [7, 11) is 3.11. The number of fused-ring (bicyclic) bond motifs is 1. The fourth-order valence-corrected chi connectivity index (χ4v) is 3.77. The quantitative estimate of drug-likeness (QED) is 0.683. The van der Waals surface area contributed by atoms with Crippen molar-refractivity contribution in [3.63, 3.8) is 0 Å². The summed E-state index contributed by atoms with van der Waals surface area (Å²) in [5, 5.41) is 9.76. The molecule has 1 aromatic carbocycles. The number of nitrogens with zero attached hydrogens (tertiary/aromatic N) is 3. The summed E-state index contributed by atoms with van der Waals surface area (Å²) in [5.74, 6) is -1.04. The molecule has 33 heavy (non-hydrogen) atoms. The van der Waals surface area contributed by atoms with Crippen molar-refractivity contribution in [2.45, 2.75) is 26.0 Å². The Labute approximate surface area is 192 Å². The van der Waals surface area contributed by atoms with Gasteiger partial charge in [0.25, 0.3) is 5.91 Å². The summed E-state index contributed by atoms with van der Waals surface area (Å²) >= 11 is 0. The molecule has 3 atom stereocenters. The number of carbonyl (C=O) groups is 2. The number of amides is 2. The molecule has 1 N–H and O–H groups in total. The largest absolute Gasteiger partial charge is 0.472 e. The summed E-state index contributed by atoms with van der Waals surface area (Å²) in [6, 6.07) is 7.37. The third-order valence-electron chi connectivity index (χ3n) is 5.85. The highest BCUT2D eigenvalue weighted by molar-refractivity contribution is 5.98. The van der Waals surface area contributed by atoms with Gasteiger partial charge in [-0.3, -0.25) is 9.59 Å². The minimum atomic E-state index is -0.470. The molecular weight excluding hydrogens is 429 g/mol. The van der Waals surface area contributed by atoms with Crippen molar-refractivity contribution in [3.05, 3.63) is 47.9 Å². The number of likely N-dealkylation sites (N-methyl/N-ethyl adjacent to an activating group) is 1. The van der Waals surface area contributed by atoms with E-state index in [9.17, 15) is 19.1 Å². The van der Waals surface area contributed by atoms with Gasteiger partial charge in [-0.15, -0.1) is 0 Å². The van der Waals surface area contributed by atoms with Crippen molar-refractivity contribution in [1.29, 1.82) is 0 Å². The standard InChI is InChI=1S/C24H30FN3O5/c1-15-11-28(16(2)13-29)24(31)19-9-17(18-7-5-6-8-20(18)25)10-26-23(19)33-21(15)12-27(3)22(30)14-32-4/h5-10,15-16,21,29H,11-14H2,1-4H3/t15-,16-,21+/m1/s1. The number of rotatable bonds is 7. The third-order valence-corrected chi connectivity index (χ3v) is 5.85. The first-order valence-corrected chi connectivity index (χ1v) is 10.8. The van der Waals surface area contributed by atoms with Gasteiger partial charge in [0, 0.05) is 43.9 Å². The number of pyridine rings is 1. The van der Waals surface area contributed by atoms with Crippen LogP contribution < -0.4 is 4.74 Å². The van der Waals surface area contributed by atoms with E-state index in [1.165, 1.54) is 24.3 Å². The predicted octanol–water partition coefficient (Wildman–Crippen LogP) is 2.21. The van der Waals surface area contributed by atoms with Gasteiger partial charge in [-0.05, 0) is 19.1 Å². The van der Waals surface area contributed by atoms with E-state index < -0.39 is 18.0 Å². The molecule has 0 saturated heterocycles. The fraction of sp³-hybridized carbons (Fsp3) is 0.458. The van der Waals surface area contributed by atoms with E-state index in [4.69, 9.17) is 9.47 Å². The molecule has 2 aromatic rings. The molecule has 1 aromatic heterocycles. The lowest BCUT2D eigenvalue weighted by Crippen LogP contribution is -2.50. The van der Waals surface area contributed by atoms with Crippen molar-refractivity contribution in [2.24, 2.45) is 5.92 Å². The Morgan fingerprint density at radius 1 is 1.39 bits per heavy atom. The number of benzene rings is 1. The second-order valence-corrected chi connectivity index (χ2v) is 8.39. The molecule has 2 amide bonds. The smallest absolute Gasteiger partial charge is 0.259 e. The number of aliphatic hydroxyl groups excluding tert-OH is 1. The number of ether oxygens (including phenoxy) is 2. The number of halogens is 1. The van der Waals surface area contributed by atoms with E-state index in [0.29, 0.717) is 17.7 Å². The van der Waals surface area contributed by atoms with Crippen LogP contribution in [0.4, 0.5) is 4.39 Å². The van der Waals surface area contributed by atoms with Crippen molar-refractivity contribution in [1.82, 2.24) is 14.8 Å². The van der Waals surface area contributed by atoms with Gasteiger partial charge in [0.15, 0.2) is 0 Å². The average molecular weight is 460 g/mol. The second kappa shape index (κ2) is 10.7. The molecule has 0 aliphatic carbocycles. The molecule has 178 valence electrons. The SMILES string of the molecule is COCC(=O)N(C)C[C@@H]1Oc2ncc(-c3ccccc3F)cc2C(=O)N([C@H](C)CO)C[C@H]1C. The summed E-state index contributed by atoms with van der Waals surface area (Å²) in [6.07, 6.45) is 0.996. The van der Waals surface area contributed by atoms with Crippen LogP contribution in [-0.4, -0.2) is 84.3 Å². The van der Waals surface area contributed by atoms with Gasteiger partial charge in [0.05, 0.1) is 19.2 Å². The molecule has 0 unspecified atom stereocenters. The van der Waals surface area contributed by atoms with Gasteiger partial charge >= 0.3 is 0 Å². The average Bonchev–Trinajstić information content (AvgIpc) is 2.81. The Balaban J connectivity index is 2.02. The first kappa shape index (κ1) is 24.6. The van der Waals surface area contributed by atoms with Gasteiger partial charge < -0.3 is 24.4 Å². The molecule has 1 aliphatic rings. The Bertz CT molecular complexity index is 1000. The first-order valence-electron chi connectivity index (χ1n) is 10.8. The fourth-order valence-electron chi connectivity index (χ4n) is 3.77. The second-order valence-electron chi connectivity index (χ2n) is 8.39. The maximum Gasteiger partial charge on any atom is 0.259 e. The van der Waals surface area contributed by atoms with E-state index in [1.54, 1.807) is 43.1 Å². The van der Waals surface area contributed by atoms with E-state index >= 15 is 0 Å². The molecular formula is C24H30FN3O5. The van der Waals surface area contributed by atoms with Crippen LogP contribution in [0.15, 0.2) is 36.5 Å². The molecule has 9 heteroatoms. The molecule has 0 fully saturated rings. The minimum absolute atomic E-state index is 0.0510. The molecule has 0 bridgehead atoms. The monoisotopic (exact) mass is 459 g/mol. The third kappa shape index (κ3) is 5.48. The maximum absolute atomic E-state index is 14.4. The lowest BCUT2D eigenvalue weighted by atomic mass is 9.99. The van der Waals surface area contributed by atoms with E-state index in [2.05, 4.69) is 4.98 Å². The number of hydrogen-bond acceptors (Lipinski definition) is 6. The zero-order chi connectivity index (χ0) is 24.1. The number of hydrogen-bond donors (Lipinski definition) is 1. The Hall–Kier alpha value is -3.04. The summed E-state index contributed by atoms with van der Waals surface area (Å²) in [4.78, 5) is 33.1. The number of methoxy groups -OCH3 is 1. The van der Waals surface area contributed by atoms with Crippen LogP contribution in [0.3, 0.4) is 0 Å². The van der Waals surface area contributed by atoms with E-state index in [1.807, 2.05) is 6.92 Å². The summed E-state index contributed by atoms with van der Waals surface area (Å²) in [6.45, 7) is 3.97. The molecule has 3 rings (SSSR count). The number of aliphatic hydroxyl groups is 1. The molecule has 1 aliphatic heterocycles. The Kier molecular flexibility index (Phi) is 7.99. The highest BCUT2D eigenvalue weighted by Crippen LogP contribution is 2.31. The van der Waals surface area contributed by atoms with Crippen LogP contribution in [0, 0.1) is 11.7 Å². The van der Waals surface area contributed by atoms with Crippen LogP contribution >= 0.6 is 0 Å². The highest BCUT2D eigenvalue weighted by Gasteiger charge is 2.34. The number of carbonyl (C=O) groups excluding carboxylic acids is 2. The predicted molar refractivity (Wildman–Crippen MR) is 120 cm³/mol. The topological polar surface area (TPSA) is 92.2 Å². The van der Waals surface area contributed by atoms with E-state index in [-0.39, 0.29) is 48.9 Å². The minimum Gasteiger partial charge on any atom is -0.472 e. The molecule has 0 radical (unpaired) electrons. The van der Waals surface area contributed by atoms with Crippen molar-refractivity contribution in [3.8, 4) is 17.0 Å². The zero-order valence-corrected chi connectivity index (χ0v) is 19.3. The molecule has 2 heterocycles. The molecule has 0 saturated carbocycles. The van der Waals surface area contributed by atoms with Crippen LogP contribution in [0.1, 0.15) is 24.2 Å². The van der Waals surface area contributed by atoms with Crippen molar-refractivity contribution in [2.75, 3.05) is 40.5 Å². The van der Waals surface area contributed by atoms with Gasteiger partial charge in [-0.25, -0.2) is 9.37 Å². The lowest BCUT2D eigenvalue weighted by Gasteiger charge is -2.37.